The molecule has 0 atom stereocenters. The molecule has 0 aliphatic heterocycles. The van der Waals surface area contributed by atoms with Crippen molar-refractivity contribution in [2.75, 3.05) is 5.73 Å². The van der Waals surface area contributed by atoms with Crippen molar-refractivity contribution in [3.63, 3.8) is 0 Å². The van der Waals surface area contributed by atoms with Gasteiger partial charge >= 0.3 is 0 Å². The third kappa shape index (κ3) is 0.583. The van der Waals surface area contributed by atoms with Gasteiger partial charge in [0.05, 0.1) is 0 Å². The Balaban J connectivity index is 3.12. The molecule has 0 unspecified atom stereocenters. The van der Waals surface area contributed by atoms with Gasteiger partial charge < -0.3 is 5.73 Å². The van der Waals surface area contributed by atoms with Crippen molar-refractivity contribution < 1.29 is 0 Å². The van der Waals surface area contributed by atoms with E-state index in [4.69, 9.17) is 5.73 Å². The molecule has 3 nitrogen and oxygen atoms in total. The van der Waals surface area contributed by atoms with E-state index in [0.29, 0.717) is 5.82 Å². The van der Waals surface area contributed by atoms with Crippen LogP contribution in [0.3, 0.4) is 0 Å². The van der Waals surface area contributed by atoms with Gasteiger partial charge in [0.15, 0.2) is 0 Å². The number of nitrogens with zero attached hydrogens (tertiary/aromatic N) is 1. The molecule has 3 N–H and O–H groups in total. The van der Waals surface area contributed by atoms with E-state index in [1.807, 2.05) is 7.85 Å². The van der Waals surface area contributed by atoms with Crippen LogP contribution in [-0.2, 0) is 0 Å². The fraction of sp³-hybridized carbons (Fsp3) is 0. The number of H-pyrrole nitrogens is 1. The van der Waals surface area contributed by atoms with Gasteiger partial charge in [0.1, 0.15) is 13.7 Å². The van der Waals surface area contributed by atoms with Crippen molar-refractivity contribution >= 4 is 19.1 Å². The third-order valence-electron chi connectivity index (χ3n) is 0.868. The molecule has 0 fully saturated rings. The Morgan fingerprint density at radius 1 is 1.86 bits per heavy atom. The number of hydrogen-bond acceptors (Lipinski definition) is 2. The minimum atomic E-state index is 0.653. The summed E-state index contributed by atoms with van der Waals surface area (Å²) in [5.74, 6) is 0.653. The summed E-state index contributed by atoms with van der Waals surface area (Å²) in [5.41, 5.74) is 6.32. The average Bonchev–Trinajstić information content (AvgIpc) is 1.91. The summed E-state index contributed by atoms with van der Waals surface area (Å²) in [7, 11) is 1.90. The molecular weight excluding hydrogens is 88.9 g/mol. The van der Waals surface area contributed by atoms with E-state index in [1.165, 1.54) is 0 Å². The predicted octanol–water partition coefficient (Wildman–Crippen LogP) is -1.75. The van der Waals surface area contributed by atoms with E-state index < -0.39 is 0 Å². The summed E-state index contributed by atoms with van der Waals surface area (Å²) in [5, 5.41) is 6.27. The van der Waals surface area contributed by atoms with Crippen LogP contribution in [0.15, 0.2) is 6.20 Å². The van der Waals surface area contributed by atoms with E-state index in [1.54, 1.807) is 6.20 Å². The lowest BCUT2D eigenvalue weighted by atomic mass is 10.0. The maximum atomic E-state index is 5.32. The van der Waals surface area contributed by atoms with Gasteiger partial charge in [0.25, 0.3) is 0 Å². The number of rotatable bonds is 0. The molecule has 0 amide bonds. The van der Waals surface area contributed by atoms with Crippen LogP contribution >= 0.6 is 0 Å². The Bertz CT molecular complexity index is 142. The molecule has 0 aromatic carbocycles. The maximum absolute atomic E-state index is 5.32. The van der Waals surface area contributed by atoms with E-state index in [2.05, 4.69) is 10.2 Å². The summed E-state index contributed by atoms with van der Waals surface area (Å²) in [4.78, 5) is 0. The highest BCUT2D eigenvalue weighted by molar-refractivity contribution is 6.35. The topological polar surface area (TPSA) is 54.7 Å². The number of hydrogen-bond donors (Lipinski definition) is 2. The lowest BCUT2D eigenvalue weighted by Gasteiger charge is -1.80. The number of nitrogens with one attached hydrogen (secondary N) is 1. The van der Waals surface area contributed by atoms with Gasteiger partial charge in [-0.15, -0.1) is 0 Å². The van der Waals surface area contributed by atoms with Crippen LogP contribution in [0.1, 0.15) is 0 Å². The number of aromatic amines is 1. The van der Waals surface area contributed by atoms with Crippen molar-refractivity contribution in [2.24, 2.45) is 0 Å². The first-order valence-electron chi connectivity index (χ1n) is 2.06. The van der Waals surface area contributed by atoms with Crippen LogP contribution in [0.4, 0.5) is 5.82 Å². The quantitative estimate of drug-likeness (QED) is 0.375. The monoisotopic (exact) mass is 95.1 g/mol. The van der Waals surface area contributed by atoms with Crippen molar-refractivity contribution in [3.8, 4) is 0 Å². The minimum Gasteiger partial charge on any atom is -0.385 e. The zero-order chi connectivity index (χ0) is 5.28. The van der Waals surface area contributed by atoms with Crippen LogP contribution in [-0.4, -0.2) is 18.0 Å². The molecule has 0 saturated heterocycles. The maximum Gasteiger partial charge on any atom is 0.146 e. The summed E-state index contributed by atoms with van der Waals surface area (Å²) in [6, 6.07) is 0. The standard InChI is InChI=1S/C3H6BN3/c4-2-1-6-7-3(2)5/h1H,4H2,(H3,5,6,7). The molecule has 0 bridgehead atoms. The van der Waals surface area contributed by atoms with Crippen molar-refractivity contribution in [1.82, 2.24) is 10.2 Å². The molecule has 1 rings (SSSR count). The molecule has 7 heavy (non-hydrogen) atoms. The molecule has 0 aliphatic rings. The van der Waals surface area contributed by atoms with E-state index in [-0.39, 0.29) is 0 Å². The van der Waals surface area contributed by atoms with Gasteiger partial charge in [-0.3, -0.25) is 5.10 Å². The van der Waals surface area contributed by atoms with Crippen LogP contribution in [0.2, 0.25) is 0 Å². The highest BCUT2D eigenvalue weighted by atomic mass is 15.1. The van der Waals surface area contributed by atoms with Crippen LogP contribution in [0, 0.1) is 0 Å². The van der Waals surface area contributed by atoms with Gasteiger partial charge in [0, 0.05) is 6.20 Å². The molecule has 0 aliphatic carbocycles. The zero-order valence-corrected chi connectivity index (χ0v) is 4.10. The fourth-order valence-corrected chi connectivity index (χ4v) is 0.356. The van der Waals surface area contributed by atoms with Gasteiger partial charge in [-0.25, -0.2) is 0 Å². The molecule has 1 aromatic rings. The van der Waals surface area contributed by atoms with E-state index in [9.17, 15) is 0 Å². The predicted molar refractivity (Wildman–Crippen MR) is 31.2 cm³/mol. The van der Waals surface area contributed by atoms with Crippen LogP contribution < -0.4 is 11.2 Å². The first-order chi connectivity index (χ1) is 3.30. The smallest absolute Gasteiger partial charge is 0.146 e. The Labute approximate surface area is 42.3 Å². The van der Waals surface area contributed by atoms with Gasteiger partial charge in [-0.1, -0.05) is 0 Å². The second-order valence-corrected chi connectivity index (χ2v) is 1.47. The lowest BCUT2D eigenvalue weighted by Crippen LogP contribution is -2.04. The van der Waals surface area contributed by atoms with Crippen molar-refractivity contribution in [2.45, 2.75) is 0 Å². The van der Waals surface area contributed by atoms with Crippen LogP contribution in [0.25, 0.3) is 0 Å². The summed E-state index contributed by atoms with van der Waals surface area (Å²) in [6.07, 6.45) is 1.69. The van der Waals surface area contributed by atoms with E-state index in [0.717, 1.165) is 5.46 Å². The lowest BCUT2D eigenvalue weighted by molar-refractivity contribution is 1.10. The normalized spacial score (nSPS) is 9.14. The average molecular weight is 94.9 g/mol. The van der Waals surface area contributed by atoms with Gasteiger partial charge in [-0.05, 0) is 5.46 Å². The zero-order valence-electron chi connectivity index (χ0n) is 4.10. The summed E-state index contributed by atoms with van der Waals surface area (Å²) in [6.45, 7) is 0. The highest BCUT2D eigenvalue weighted by Gasteiger charge is 1.88. The summed E-state index contributed by atoms with van der Waals surface area (Å²) >= 11 is 0. The molecule has 0 saturated carbocycles. The number of aromatic nitrogens is 2. The van der Waals surface area contributed by atoms with Gasteiger partial charge in [0.2, 0.25) is 0 Å². The highest BCUT2D eigenvalue weighted by Crippen LogP contribution is 1.80. The molecule has 1 heterocycles. The number of anilines is 1. The Hall–Kier alpha value is -0.925. The van der Waals surface area contributed by atoms with Crippen LogP contribution in [0.5, 0.6) is 0 Å². The molecular formula is C3H6BN3. The largest absolute Gasteiger partial charge is 0.385 e. The van der Waals surface area contributed by atoms with E-state index >= 15 is 0 Å². The molecule has 1 aromatic heterocycles. The molecule has 0 spiro atoms. The summed E-state index contributed by atoms with van der Waals surface area (Å²) < 4.78 is 0. The Morgan fingerprint density at radius 2 is 2.57 bits per heavy atom. The minimum absolute atomic E-state index is 0.653. The molecule has 36 valence electrons. The first kappa shape index (κ1) is 4.24. The van der Waals surface area contributed by atoms with Crippen molar-refractivity contribution in [3.05, 3.63) is 6.20 Å². The number of nitrogen functional groups attached to an aromatic ring is 1. The van der Waals surface area contributed by atoms with Gasteiger partial charge in [-0.2, -0.15) is 5.10 Å². The molecule has 4 heteroatoms. The fourth-order valence-electron chi connectivity index (χ4n) is 0.356. The first-order valence-corrected chi connectivity index (χ1v) is 2.06. The third-order valence-corrected chi connectivity index (χ3v) is 0.868. The Kier molecular flexibility index (Phi) is 0.783. The number of nitrogens with two attached hydrogens (primary N) is 1. The second kappa shape index (κ2) is 1.29. The SMILES string of the molecule is Bc1cn[nH]c1N. The van der Waals surface area contributed by atoms with Crippen molar-refractivity contribution in [1.29, 1.82) is 0 Å². The Morgan fingerprint density at radius 3 is 2.71 bits per heavy atom. The molecule has 0 radical (unpaired) electrons. The second-order valence-electron chi connectivity index (χ2n) is 1.47.